The lowest BCUT2D eigenvalue weighted by atomic mass is 9.78. The Bertz CT molecular complexity index is 879. The fraction of sp³-hybridized carbons (Fsp3) is 0.318. The van der Waals surface area contributed by atoms with Gasteiger partial charge in [0.15, 0.2) is 0 Å². The zero-order chi connectivity index (χ0) is 20.1. The summed E-state index contributed by atoms with van der Waals surface area (Å²) in [5.41, 5.74) is 2.58. The lowest BCUT2D eigenvalue weighted by molar-refractivity contribution is -0.313. The number of aryl methyl sites for hydroxylation is 1. The van der Waals surface area contributed by atoms with Crippen LogP contribution in [0.5, 0.6) is 0 Å². The van der Waals surface area contributed by atoms with Gasteiger partial charge in [-0.15, -0.1) is 0 Å². The smallest absolute Gasteiger partial charge is 0.255 e. The molecule has 6 nitrogen and oxygen atoms in total. The highest BCUT2D eigenvalue weighted by molar-refractivity contribution is 6.05. The topological polar surface area (TPSA) is 98.3 Å². The SMILES string of the molecule is Cc1cc(NC(=O)[C@H]2CCCC[C@@H]2C(=O)[O-])ccc1NC(=O)c1ccccc1. The van der Waals surface area contributed by atoms with Crippen molar-refractivity contribution in [1.29, 1.82) is 0 Å². The molecule has 0 aliphatic heterocycles. The molecular weight excluding hydrogens is 356 g/mol. The number of amides is 2. The summed E-state index contributed by atoms with van der Waals surface area (Å²) in [6.07, 6.45) is 2.67. The number of carboxylic acids is 1. The van der Waals surface area contributed by atoms with Crippen LogP contribution in [0.2, 0.25) is 0 Å². The molecule has 1 fully saturated rings. The van der Waals surface area contributed by atoms with Crippen molar-refractivity contribution in [2.45, 2.75) is 32.6 Å². The summed E-state index contributed by atoms with van der Waals surface area (Å²) >= 11 is 0. The molecule has 0 spiro atoms. The Kier molecular flexibility index (Phi) is 6.09. The average molecular weight is 379 g/mol. The third-order valence-electron chi connectivity index (χ3n) is 5.18. The molecule has 146 valence electrons. The highest BCUT2D eigenvalue weighted by Gasteiger charge is 2.31. The Labute approximate surface area is 164 Å². The molecule has 1 aliphatic rings. The largest absolute Gasteiger partial charge is 0.550 e. The molecule has 6 heteroatoms. The standard InChI is InChI=1S/C22H24N2O4/c1-14-13-16(23-21(26)17-9-5-6-10-18(17)22(27)28)11-12-19(14)24-20(25)15-7-3-2-4-8-15/h2-4,7-8,11-13,17-18H,5-6,9-10H2,1H3,(H,23,26)(H,24,25)(H,27,28)/p-1/t17-,18-/m0/s1. The van der Waals surface area contributed by atoms with Crippen LogP contribution in [0.1, 0.15) is 41.6 Å². The van der Waals surface area contributed by atoms with E-state index in [2.05, 4.69) is 10.6 Å². The third kappa shape index (κ3) is 4.57. The van der Waals surface area contributed by atoms with Gasteiger partial charge >= 0.3 is 0 Å². The molecule has 2 aromatic carbocycles. The maximum absolute atomic E-state index is 12.6. The first-order valence-electron chi connectivity index (χ1n) is 9.44. The van der Waals surface area contributed by atoms with Crippen LogP contribution in [0.4, 0.5) is 11.4 Å². The van der Waals surface area contributed by atoms with Crippen LogP contribution < -0.4 is 15.7 Å². The van der Waals surface area contributed by atoms with E-state index in [1.807, 2.05) is 13.0 Å². The van der Waals surface area contributed by atoms with Gasteiger partial charge in [0.1, 0.15) is 0 Å². The Morgan fingerprint density at radius 2 is 1.61 bits per heavy atom. The zero-order valence-electron chi connectivity index (χ0n) is 15.7. The maximum atomic E-state index is 12.6. The van der Waals surface area contributed by atoms with E-state index in [1.165, 1.54) is 0 Å². The van der Waals surface area contributed by atoms with Crippen LogP contribution in [0.15, 0.2) is 48.5 Å². The molecule has 0 heterocycles. The van der Waals surface area contributed by atoms with E-state index >= 15 is 0 Å². The fourth-order valence-electron chi connectivity index (χ4n) is 3.63. The van der Waals surface area contributed by atoms with E-state index in [0.717, 1.165) is 18.4 Å². The first kappa shape index (κ1) is 19.6. The van der Waals surface area contributed by atoms with Gasteiger partial charge in [-0.2, -0.15) is 0 Å². The predicted molar refractivity (Wildman–Crippen MR) is 105 cm³/mol. The Hall–Kier alpha value is -3.15. The van der Waals surface area contributed by atoms with Crippen molar-refractivity contribution in [2.75, 3.05) is 10.6 Å². The van der Waals surface area contributed by atoms with Crippen molar-refractivity contribution < 1.29 is 19.5 Å². The number of nitrogens with one attached hydrogen (secondary N) is 2. The second-order valence-electron chi connectivity index (χ2n) is 7.16. The summed E-state index contributed by atoms with van der Waals surface area (Å²) in [7, 11) is 0. The van der Waals surface area contributed by atoms with Gasteiger partial charge in [-0.1, -0.05) is 31.0 Å². The van der Waals surface area contributed by atoms with Gasteiger partial charge in [0, 0.05) is 34.7 Å². The molecule has 2 N–H and O–H groups in total. The van der Waals surface area contributed by atoms with E-state index in [4.69, 9.17) is 0 Å². The van der Waals surface area contributed by atoms with E-state index in [1.54, 1.807) is 42.5 Å². The van der Waals surface area contributed by atoms with Gasteiger partial charge in [-0.25, -0.2) is 0 Å². The van der Waals surface area contributed by atoms with Crippen molar-refractivity contribution in [3.63, 3.8) is 0 Å². The first-order chi connectivity index (χ1) is 13.5. The molecule has 0 saturated heterocycles. The van der Waals surface area contributed by atoms with Gasteiger partial charge in [-0.3, -0.25) is 9.59 Å². The summed E-state index contributed by atoms with van der Waals surface area (Å²) < 4.78 is 0. The zero-order valence-corrected chi connectivity index (χ0v) is 15.7. The number of carboxylic acid groups (broad SMARTS) is 1. The van der Waals surface area contributed by atoms with Gasteiger partial charge in [0.2, 0.25) is 5.91 Å². The first-order valence-corrected chi connectivity index (χ1v) is 9.44. The molecule has 0 radical (unpaired) electrons. The van der Waals surface area contributed by atoms with Crippen LogP contribution in [0, 0.1) is 18.8 Å². The third-order valence-corrected chi connectivity index (χ3v) is 5.18. The molecule has 28 heavy (non-hydrogen) atoms. The summed E-state index contributed by atoms with van der Waals surface area (Å²) in [6.45, 7) is 1.83. The quantitative estimate of drug-likeness (QED) is 0.834. The minimum absolute atomic E-state index is 0.209. The average Bonchev–Trinajstić information content (AvgIpc) is 2.70. The second-order valence-corrected chi connectivity index (χ2v) is 7.16. The van der Waals surface area contributed by atoms with Crippen LogP contribution >= 0.6 is 0 Å². The molecular formula is C22H23N2O4-. The van der Waals surface area contributed by atoms with Gasteiger partial charge < -0.3 is 20.5 Å². The monoisotopic (exact) mass is 379 g/mol. The summed E-state index contributed by atoms with van der Waals surface area (Å²) in [6, 6.07) is 14.1. The van der Waals surface area contributed by atoms with Crippen molar-refractivity contribution >= 4 is 29.2 Å². The minimum Gasteiger partial charge on any atom is -0.550 e. The lowest BCUT2D eigenvalue weighted by Gasteiger charge is -2.31. The van der Waals surface area contributed by atoms with E-state index in [-0.39, 0.29) is 11.8 Å². The summed E-state index contributed by atoms with van der Waals surface area (Å²) in [5.74, 6) is -2.97. The van der Waals surface area contributed by atoms with Crippen LogP contribution in [-0.4, -0.2) is 17.8 Å². The summed E-state index contributed by atoms with van der Waals surface area (Å²) in [4.78, 5) is 36.2. The molecule has 0 bridgehead atoms. The van der Waals surface area contributed by atoms with E-state index in [0.29, 0.717) is 29.8 Å². The number of aliphatic carboxylic acids is 1. The minimum atomic E-state index is -1.16. The van der Waals surface area contributed by atoms with Crippen molar-refractivity contribution in [3.8, 4) is 0 Å². The highest BCUT2D eigenvalue weighted by Crippen LogP contribution is 2.31. The predicted octanol–water partition coefficient (Wildman–Crippen LogP) is 2.74. The second kappa shape index (κ2) is 8.69. The van der Waals surface area contributed by atoms with Gasteiger partial charge in [0.05, 0.1) is 0 Å². The molecule has 3 rings (SSSR count). The fourth-order valence-corrected chi connectivity index (χ4v) is 3.63. The maximum Gasteiger partial charge on any atom is 0.255 e. The number of anilines is 2. The number of carbonyl (C=O) groups excluding carboxylic acids is 3. The molecule has 0 unspecified atom stereocenters. The number of benzene rings is 2. The Morgan fingerprint density at radius 1 is 0.929 bits per heavy atom. The van der Waals surface area contributed by atoms with Crippen molar-refractivity contribution in [2.24, 2.45) is 11.8 Å². The number of rotatable bonds is 5. The van der Waals surface area contributed by atoms with E-state index in [9.17, 15) is 19.5 Å². The number of carbonyl (C=O) groups is 3. The normalized spacial score (nSPS) is 18.9. The van der Waals surface area contributed by atoms with Gasteiger partial charge in [-0.05, 0) is 55.7 Å². The van der Waals surface area contributed by atoms with Crippen molar-refractivity contribution in [3.05, 3.63) is 59.7 Å². The molecule has 1 saturated carbocycles. The molecule has 2 aromatic rings. The van der Waals surface area contributed by atoms with Gasteiger partial charge in [0.25, 0.3) is 5.91 Å². The van der Waals surface area contributed by atoms with Crippen molar-refractivity contribution in [1.82, 2.24) is 0 Å². The summed E-state index contributed by atoms with van der Waals surface area (Å²) in [5, 5.41) is 17.0. The van der Waals surface area contributed by atoms with Crippen LogP contribution in [-0.2, 0) is 9.59 Å². The van der Waals surface area contributed by atoms with Crippen LogP contribution in [0.25, 0.3) is 0 Å². The number of hydrogen-bond acceptors (Lipinski definition) is 4. The van der Waals surface area contributed by atoms with E-state index < -0.39 is 17.8 Å². The molecule has 2 atom stereocenters. The molecule has 1 aliphatic carbocycles. The molecule has 0 aromatic heterocycles. The lowest BCUT2D eigenvalue weighted by Crippen LogP contribution is -2.42. The Morgan fingerprint density at radius 3 is 2.25 bits per heavy atom. The van der Waals surface area contributed by atoms with Crippen LogP contribution in [0.3, 0.4) is 0 Å². The highest BCUT2D eigenvalue weighted by atomic mass is 16.4. The number of hydrogen-bond donors (Lipinski definition) is 2. The molecule has 2 amide bonds. The Balaban J connectivity index is 1.67.